The van der Waals surface area contributed by atoms with Gasteiger partial charge in [-0.15, -0.1) is 0 Å². The van der Waals surface area contributed by atoms with Crippen molar-refractivity contribution in [3.05, 3.63) is 32.8 Å². The van der Waals surface area contributed by atoms with E-state index in [0.717, 1.165) is 6.07 Å². The Kier molecular flexibility index (Phi) is 2.92. The summed E-state index contributed by atoms with van der Waals surface area (Å²) in [7, 11) is 0. The Balaban J connectivity index is 3.32. The lowest BCUT2D eigenvalue weighted by molar-refractivity contribution is -0.138. The minimum atomic E-state index is -4.34. The van der Waals surface area contributed by atoms with Crippen LogP contribution in [0.15, 0.2) is 16.6 Å². The van der Waals surface area contributed by atoms with Crippen LogP contribution >= 0.6 is 27.5 Å². The standard InChI is InChI=1S/C8H5BrClF3/c1-4-2-5(8(11,12)13)6(9)3-7(4)10/h2-3H,1H3. The van der Waals surface area contributed by atoms with Crippen molar-refractivity contribution >= 4 is 27.5 Å². The highest BCUT2D eigenvalue weighted by atomic mass is 79.9. The molecule has 0 saturated carbocycles. The summed E-state index contributed by atoms with van der Waals surface area (Å²) in [6.07, 6.45) is -4.34. The van der Waals surface area contributed by atoms with E-state index < -0.39 is 11.7 Å². The van der Waals surface area contributed by atoms with Gasteiger partial charge in [-0.2, -0.15) is 13.2 Å². The summed E-state index contributed by atoms with van der Waals surface area (Å²) in [5, 5.41) is 0.319. The topological polar surface area (TPSA) is 0 Å². The Morgan fingerprint density at radius 1 is 1.31 bits per heavy atom. The van der Waals surface area contributed by atoms with Gasteiger partial charge in [0.25, 0.3) is 0 Å². The number of halogens is 5. The van der Waals surface area contributed by atoms with Crippen LogP contribution in [0, 0.1) is 6.92 Å². The lowest BCUT2D eigenvalue weighted by Gasteiger charge is -2.10. The van der Waals surface area contributed by atoms with Crippen LogP contribution in [0.5, 0.6) is 0 Å². The fraction of sp³-hybridized carbons (Fsp3) is 0.250. The molecule has 0 nitrogen and oxygen atoms in total. The normalized spacial score (nSPS) is 11.8. The van der Waals surface area contributed by atoms with Gasteiger partial charge in [-0.05, 0) is 24.6 Å². The molecule has 0 radical (unpaired) electrons. The molecule has 0 bridgehead atoms. The second kappa shape index (κ2) is 3.50. The maximum atomic E-state index is 12.3. The minimum absolute atomic E-state index is 0.0319. The van der Waals surface area contributed by atoms with Gasteiger partial charge >= 0.3 is 6.18 Å². The summed E-state index contributed by atoms with van der Waals surface area (Å²) in [4.78, 5) is 0. The van der Waals surface area contributed by atoms with Crippen LogP contribution in [0.2, 0.25) is 5.02 Å². The molecule has 0 saturated heterocycles. The largest absolute Gasteiger partial charge is 0.417 e. The molecule has 0 aliphatic rings. The highest BCUT2D eigenvalue weighted by Gasteiger charge is 2.33. The van der Waals surface area contributed by atoms with Gasteiger partial charge in [-0.1, -0.05) is 27.5 Å². The molecule has 13 heavy (non-hydrogen) atoms. The van der Waals surface area contributed by atoms with E-state index >= 15 is 0 Å². The molecule has 0 atom stereocenters. The summed E-state index contributed by atoms with van der Waals surface area (Å²) in [6, 6.07) is 2.27. The van der Waals surface area contributed by atoms with Crippen LogP contribution < -0.4 is 0 Å². The highest BCUT2D eigenvalue weighted by molar-refractivity contribution is 9.10. The van der Waals surface area contributed by atoms with Crippen molar-refractivity contribution in [2.75, 3.05) is 0 Å². The minimum Gasteiger partial charge on any atom is -0.166 e. The average molecular weight is 273 g/mol. The summed E-state index contributed by atoms with van der Waals surface area (Å²) in [6.45, 7) is 1.53. The molecule has 0 aromatic heterocycles. The molecule has 1 rings (SSSR count). The summed E-state index contributed by atoms with van der Waals surface area (Å²) >= 11 is 8.45. The Labute approximate surface area is 86.8 Å². The zero-order valence-corrected chi connectivity index (χ0v) is 8.89. The van der Waals surface area contributed by atoms with Gasteiger partial charge in [0.2, 0.25) is 0 Å². The van der Waals surface area contributed by atoms with E-state index in [0.29, 0.717) is 10.6 Å². The fourth-order valence-corrected chi connectivity index (χ4v) is 1.74. The number of hydrogen-bond acceptors (Lipinski definition) is 0. The molecule has 0 heterocycles. The second-order valence-electron chi connectivity index (χ2n) is 2.58. The number of aryl methyl sites for hydroxylation is 1. The van der Waals surface area contributed by atoms with Crippen LogP contribution in [0.3, 0.4) is 0 Å². The molecule has 0 aliphatic carbocycles. The van der Waals surface area contributed by atoms with Gasteiger partial charge < -0.3 is 0 Å². The fourth-order valence-electron chi connectivity index (χ4n) is 0.874. The number of alkyl halides is 3. The Morgan fingerprint density at radius 2 is 1.85 bits per heavy atom. The molecule has 1 aromatic rings. The van der Waals surface area contributed by atoms with Crippen molar-refractivity contribution in [3.8, 4) is 0 Å². The van der Waals surface area contributed by atoms with E-state index in [1.807, 2.05) is 0 Å². The SMILES string of the molecule is Cc1cc(C(F)(F)F)c(Br)cc1Cl. The Hall–Kier alpha value is -0.220. The molecule has 0 unspecified atom stereocenters. The quantitative estimate of drug-likeness (QED) is 0.656. The van der Waals surface area contributed by atoms with Gasteiger partial charge in [0.1, 0.15) is 0 Å². The number of benzene rings is 1. The predicted octanol–water partition coefficient (Wildman–Crippen LogP) is 4.43. The number of rotatable bonds is 0. The van der Waals surface area contributed by atoms with Crippen LogP contribution in [-0.4, -0.2) is 0 Å². The van der Waals surface area contributed by atoms with Gasteiger partial charge in [-0.25, -0.2) is 0 Å². The molecule has 0 N–H and O–H groups in total. The van der Waals surface area contributed by atoms with E-state index in [2.05, 4.69) is 15.9 Å². The lowest BCUT2D eigenvalue weighted by Crippen LogP contribution is -2.06. The second-order valence-corrected chi connectivity index (χ2v) is 3.84. The van der Waals surface area contributed by atoms with Crippen molar-refractivity contribution in [2.45, 2.75) is 13.1 Å². The van der Waals surface area contributed by atoms with Gasteiger partial charge in [0.15, 0.2) is 0 Å². The van der Waals surface area contributed by atoms with Crippen LogP contribution in [0.25, 0.3) is 0 Å². The Morgan fingerprint density at radius 3 is 2.31 bits per heavy atom. The van der Waals surface area contributed by atoms with Crippen molar-refractivity contribution in [2.24, 2.45) is 0 Å². The van der Waals surface area contributed by atoms with Crippen molar-refractivity contribution < 1.29 is 13.2 Å². The smallest absolute Gasteiger partial charge is 0.166 e. The average Bonchev–Trinajstić information content (AvgIpc) is 1.94. The predicted molar refractivity (Wildman–Crippen MR) is 48.9 cm³/mol. The molecule has 0 amide bonds. The van der Waals surface area contributed by atoms with E-state index in [9.17, 15) is 13.2 Å². The van der Waals surface area contributed by atoms with E-state index in [4.69, 9.17) is 11.6 Å². The first-order chi connectivity index (χ1) is 5.82. The zero-order chi connectivity index (χ0) is 10.2. The zero-order valence-electron chi connectivity index (χ0n) is 6.54. The molecule has 5 heteroatoms. The molecule has 0 aliphatic heterocycles. The van der Waals surface area contributed by atoms with Gasteiger partial charge in [0.05, 0.1) is 5.56 Å². The van der Waals surface area contributed by atoms with E-state index in [1.54, 1.807) is 0 Å². The third-order valence-corrected chi connectivity index (χ3v) is 2.62. The maximum absolute atomic E-state index is 12.3. The van der Waals surface area contributed by atoms with Gasteiger partial charge in [-0.3, -0.25) is 0 Å². The lowest BCUT2D eigenvalue weighted by atomic mass is 10.1. The molecular formula is C8H5BrClF3. The first-order valence-electron chi connectivity index (χ1n) is 3.35. The van der Waals surface area contributed by atoms with E-state index in [-0.39, 0.29) is 4.47 Å². The van der Waals surface area contributed by atoms with Crippen molar-refractivity contribution in [3.63, 3.8) is 0 Å². The number of hydrogen-bond donors (Lipinski definition) is 0. The van der Waals surface area contributed by atoms with Crippen LogP contribution in [0.4, 0.5) is 13.2 Å². The maximum Gasteiger partial charge on any atom is 0.417 e. The third kappa shape index (κ3) is 2.38. The highest BCUT2D eigenvalue weighted by Crippen LogP contribution is 2.37. The van der Waals surface area contributed by atoms with Crippen LogP contribution in [0.1, 0.15) is 11.1 Å². The molecule has 72 valence electrons. The first kappa shape index (κ1) is 10.9. The Bertz CT molecular complexity index is 333. The molecule has 0 fully saturated rings. The summed E-state index contributed by atoms with van der Waals surface area (Å²) in [5.74, 6) is 0. The van der Waals surface area contributed by atoms with Crippen molar-refractivity contribution in [1.29, 1.82) is 0 Å². The summed E-state index contributed by atoms with van der Waals surface area (Å²) in [5.41, 5.74) is -0.286. The third-order valence-electron chi connectivity index (χ3n) is 1.55. The molecule has 1 aromatic carbocycles. The van der Waals surface area contributed by atoms with Gasteiger partial charge in [0, 0.05) is 9.50 Å². The van der Waals surface area contributed by atoms with Crippen molar-refractivity contribution in [1.82, 2.24) is 0 Å². The summed E-state index contributed by atoms with van der Waals surface area (Å²) < 4.78 is 36.8. The van der Waals surface area contributed by atoms with E-state index in [1.165, 1.54) is 13.0 Å². The molecule has 0 spiro atoms. The monoisotopic (exact) mass is 272 g/mol. The van der Waals surface area contributed by atoms with Crippen LogP contribution in [-0.2, 0) is 6.18 Å². The molecular weight excluding hydrogens is 268 g/mol. The first-order valence-corrected chi connectivity index (χ1v) is 4.52.